The zero-order chi connectivity index (χ0) is 12.1. The van der Waals surface area contributed by atoms with Gasteiger partial charge in [0, 0.05) is 5.88 Å². The fraction of sp³-hybridized carbons (Fsp3) is 1.00. The van der Waals surface area contributed by atoms with E-state index in [9.17, 15) is 0 Å². The summed E-state index contributed by atoms with van der Waals surface area (Å²) < 4.78 is 10.7. The Hall–Kier alpha value is 0.170. The van der Waals surface area contributed by atoms with Gasteiger partial charge in [0.05, 0.1) is 32.5 Å². The molecule has 0 aliphatic carbocycles. The number of hydrogen-bond acceptors (Lipinski definition) is 3. The van der Waals surface area contributed by atoms with Gasteiger partial charge in [-0.2, -0.15) is 0 Å². The average Bonchev–Trinajstić information content (AvgIpc) is 2.31. The third-order valence-corrected chi connectivity index (χ3v) is 2.71. The molecule has 1 unspecified atom stereocenters. The summed E-state index contributed by atoms with van der Waals surface area (Å²) in [5, 5.41) is 8.50. The van der Waals surface area contributed by atoms with Crippen LogP contribution in [0, 0.1) is 0 Å². The Labute approximate surface area is 104 Å². The number of alkyl halides is 1. The molecular weight excluding hydrogens is 228 g/mol. The number of rotatable bonds is 12. The first-order valence-corrected chi connectivity index (χ1v) is 6.74. The summed E-state index contributed by atoms with van der Waals surface area (Å²) in [5.74, 6) is 0.548. The lowest BCUT2D eigenvalue weighted by Gasteiger charge is -2.15. The molecule has 1 atom stereocenters. The Bertz CT molecular complexity index is 133. The van der Waals surface area contributed by atoms with Gasteiger partial charge in [-0.05, 0) is 6.42 Å². The predicted octanol–water partition coefficient (Wildman–Crippen LogP) is 2.59. The fourth-order valence-corrected chi connectivity index (χ4v) is 1.69. The fourth-order valence-electron chi connectivity index (χ4n) is 1.44. The number of aliphatic hydroxyl groups excluding tert-OH is 1. The molecule has 1 N–H and O–H groups in total. The second-order valence-corrected chi connectivity index (χ2v) is 4.14. The molecule has 3 nitrogen and oxygen atoms in total. The van der Waals surface area contributed by atoms with Crippen molar-refractivity contribution in [1.29, 1.82) is 0 Å². The van der Waals surface area contributed by atoms with E-state index in [0.717, 1.165) is 6.42 Å². The molecule has 4 heteroatoms. The molecular formula is C12H25ClO3. The van der Waals surface area contributed by atoms with E-state index in [1.165, 1.54) is 25.7 Å². The van der Waals surface area contributed by atoms with Gasteiger partial charge < -0.3 is 14.6 Å². The molecule has 0 aromatic rings. The van der Waals surface area contributed by atoms with Gasteiger partial charge in [0.2, 0.25) is 0 Å². The number of unbranched alkanes of at least 4 members (excludes halogenated alkanes) is 3. The summed E-state index contributed by atoms with van der Waals surface area (Å²) in [6.07, 6.45) is 6.16. The number of halogens is 1. The molecule has 0 saturated carbocycles. The highest BCUT2D eigenvalue weighted by molar-refractivity contribution is 6.18. The van der Waals surface area contributed by atoms with E-state index in [4.69, 9.17) is 26.2 Å². The molecule has 0 spiro atoms. The van der Waals surface area contributed by atoms with Crippen molar-refractivity contribution in [3.8, 4) is 0 Å². The molecule has 0 aliphatic rings. The minimum absolute atomic E-state index is 0.0654. The largest absolute Gasteiger partial charge is 0.394 e. The number of ether oxygens (including phenoxy) is 2. The smallest absolute Gasteiger partial charge is 0.0711 e. The SMILES string of the molecule is CCCCCCC(CCl)OCCOCCO. The standard InChI is InChI=1S/C12H25ClO3/c1-2-3-4-5-6-12(11-13)16-10-9-15-8-7-14/h12,14H,2-11H2,1H3. The molecule has 0 heterocycles. The molecule has 0 bridgehead atoms. The van der Waals surface area contributed by atoms with Crippen molar-refractivity contribution in [1.82, 2.24) is 0 Å². The van der Waals surface area contributed by atoms with Gasteiger partial charge in [-0.1, -0.05) is 32.6 Å². The molecule has 0 saturated heterocycles. The lowest BCUT2D eigenvalue weighted by atomic mass is 10.1. The molecule has 0 aliphatic heterocycles. The Morgan fingerprint density at radius 3 is 2.56 bits per heavy atom. The van der Waals surface area contributed by atoms with E-state index >= 15 is 0 Å². The minimum Gasteiger partial charge on any atom is -0.394 e. The maximum atomic E-state index is 8.50. The first-order valence-electron chi connectivity index (χ1n) is 6.21. The number of hydrogen-bond donors (Lipinski definition) is 1. The van der Waals surface area contributed by atoms with Crippen LogP contribution in [-0.2, 0) is 9.47 Å². The summed E-state index contributed by atoms with van der Waals surface area (Å²) in [6, 6.07) is 0. The van der Waals surface area contributed by atoms with Crippen LogP contribution in [-0.4, -0.2) is 43.5 Å². The summed E-state index contributed by atoms with van der Waals surface area (Å²) in [6.45, 7) is 3.74. The van der Waals surface area contributed by atoms with Gasteiger partial charge in [0.25, 0.3) is 0 Å². The second kappa shape index (κ2) is 13.2. The summed E-state index contributed by atoms with van der Waals surface area (Å²) in [5.41, 5.74) is 0. The van der Waals surface area contributed by atoms with Crippen molar-refractivity contribution in [2.45, 2.75) is 45.1 Å². The highest BCUT2D eigenvalue weighted by atomic mass is 35.5. The summed E-state index contributed by atoms with van der Waals surface area (Å²) >= 11 is 5.81. The van der Waals surface area contributed by atoms with Gasteiger partial charge in [0.1, 0.15) is 0 Å². The van der Waals surface area contributed by atoms with Crippen molar-refractivity contribution in [2.24, 2.45) is 0 Å². The molecule has 16 heavy (non-hydrogen) atoms. The Morgan fingerprint density at radius 2 is 1.94 bits per heavy atom. The zero-order valence-corrected chi connectivity index (χ0v) is 11.0. The highest BCUT2D eigenvalue weighted by Gasteiger charge is 2.06. The molecule has 0 fully saturated rings. The van der Waals surface area contributed by atoms with E-state index in [-0.39, 0.29) is 12.7 Å². The zero-order valence-electron chi connectivity index (χ0n) is 10.3. The average molecular weight is 253 g/mol. The van der Waals surface area contributed by atoms with Gasteiger partial charge in [-0.3, -0.25) is 0 Å². The Morgan fingerprint density at radius 1 is 1.12 bits per heavy atom. The van der Waals surface area contributed by atoms with Gasteiger partial charge in [-0.15, -0.1) is 11.6 Å². The monoisotopic (exact) mass is 252 g/mol. The minimum atomic E-state index is 0.0654. The van der Waals surface area contributed by atoms with Crippen LogP contribution < -0.4 is 0 Å². The maximum Gasteiger partial charge on any atom is 0.0711 e. The quantitative estimate of drug-likeness (QED) is 0.429. The van der Waals surface area contributed by atoms with Crippen molar-refractivity contribution in [3.63, 3.8) is 0 Å². The van der Waals surface area contributed by atoms with Crippen LogP contribution >= 0.6 is 11.6 Å². The van der Waals surface area contributed by atoms with Crippen LogP contribution in [0.4, 0.5) is 0 Å². The van der Waals surface area contributed by atoms with E-state index in [0.29, 0.717) is 25.7 Å². The van der Waals surface area contributed by atoms with E-state index in [2.05, 4.69) is 6.92 Å². The molecule has 0 amide bonds. The van der Waals surface area contributed by atoms with Gasteiger partial charge in [0.15, 0.2) is 0 Å². The topological polar surface area (TPSA) is 38.7 Å². The number of aliphatic hydroxyl groups is 1. The normalized spacial score (nSPS) is 12.9. The van der Waals surface area contributed by atoms with Crippen LogP contribution in [0.1, 0.15) is 39.0 Å². The second-order valence-electron chi connectivity index (χ2n) is 3.83. The van der Waals surface area contributed by atoms with Crippen LogP contribution in [0.15, 0.2) is 0 Å². The van der Waals surface area contributed by atoms with E-state index in [1.54, 1.807) is 0 Å². The van der Waals surface area contributed by atoms with Crippen molar-refractivity contribution in [2.75, 3.05) is 32.3 Å². The van der Waals surface area contributed by atoms with E-state index < -0.39 is 0 Å². The summed E-state index contributed by atoms with van der Waals surface area (Å²) in [4.78, 5) is 0. The van der Waals surface area contributed by atoms with Crippen molar-refractivity contribution >= 4 is 11.6 Å². The maximum absolute atomic E-state index is 8.50. The van der Waals surface area contributed by atoms with Gasteiger partial charge in [-0.25, -0.2) is 0 Å². The Balaban J connectivity index is 3.29. The first-order chi connectivity index (χ1) is 7.85. The van der Waals surface area contributed by atoms with E-state index in [1.807, 2.05) is 0 Å². The molecule has 0 radical (unpaired) electrons. The first kappa shape index (κ1) is 16.2. The lowest BCUT2D eigenvalue weighted by molar-refractivity contribution is 0.00203. The molecule has 0 aromatic heterocycles. The van der Waals surface area contributed by atoms with Crippen LogP contribution in [0.3, 0.4) is 0 Å². The van der Waals surface area contributed by atoms with Crippen LogP contribution in [0.25, 0.3) is 0 Å². The third-order valence-electron chi connectivity index (χ3n) is 2.37. The van der Waals surface area contributed by atoms with Crippen LogP contribution in [0.5, 0.6) is 0 Å². The van der Waals surface area contributed by atoms with Crippen LogP contribution in [0.2, 0.25) is 0 Å². The molecule has 0 rings (SSSR count). The Kier molecular flexibility index (Phi) is 13.4. The van der Waals surface area contributed by atoms with Crippen molar-refractivity contribution in [3.05, 3.63) is 0 Å². The van der Waals surface area contributed by atoms with Gasteiger partial charge >= 0.3 is 0 Å². The predicted molar refractivity (Wildman–Crippen MR) is 67.1 cm³/mol. The molecule has 0 aromatic carbocycles. The third kappa shape index (κ3) is 10.7. The van der Waals surface area contributed by atoms with Crippen molar-refractivity contribution < 1.29 is 14.6 Å². The molecule has 98 valence electrons. The lowest BCUT2D eigenvalue weighted by Crippen LogP contribution is -2.18. The highest BCUT2D eigenvalue weighted by Crippen LogP contribution is 2.09. The summed E-state index contributed by atoms with van der Waals surface area (Å²) in [7, 11) is 0.